The Bertz CT molecular complexity index is 1250. The van der Waals surface area contributed by atoms with Crippen molar-refractivity contribution in [3.63, 3.8) is 0 Å². The fraction of sp³-hybridized carbons (Fsp3) is 0.0909. The summed E-state index contributed by atoms with van der Waals surface area (Å²) in [6.07, 6.45) is 2.40. The lowest BCUT2D eigenvalue weighted by Gasteiger charge is -2.04. The molecule has 0 unspecified atom stereocenters. The van der Waals surface area contributed by atoms with Crippen LogP contribution in [0, 0.1) is 0 Å². The lowest BCUT2D eigenvalue weighted by atomic mass is 10.1. The molecule has 7 heteroatoms. The van der Waals surface area contributed by atoms with Crippen molar-refractivity contribution >= 4 is 50.5 Å². The van der Waals surface area contributed by atoms with Gasteiger partial charge in [0.1, 0.15) is 17.0 Å². The molecule has 4 rings (SSSR count). The van der Waals surface area contributed by atoms with E-state index in [4.69, 9.17) is 16.0 Å². The highest BCUT2D eigenvalue weighted by atomic mass is 79.9. The van der Waals surface area contributed by atoms with E-state index in [0.29, 0.717) is 28.3 Å². The minimum atomic E-state index is -0.0525. The number of aliphatic imine (C=N–C) groups is 1. The summed E-state index contributed by atoms with van der Waals surface area (Å²) in [5.41, 5.74) is 4.01. The van der Waals surface area contributed by atoms with Crippen molar-refractivity contribution in [1.82, 2.24) is 4.98 Å². The molecule has 0 saturated heterocycles. The van der Waals surface area contributed by atoms with Gasteiger partial charge in [0.2, 0.25) is 5.89 Å². The fourth-order valence-corrected chi connectivity index (χ4v) is 3.75. The second-order valence-corrected chi connectivity index (χ2v) is 7.78. The minimum absolute atomic E-state index is 0.0413. The molecule has 1 aromatic heterocycles. The third kappa shape index (κ3) is 3.99. The number of benzene rings is 3. The monoisotopic (exact) mass is 470 g/mol. The number of aryl methyl sites for hydroxylation is 1. The van der Waals surface area contributed by atoms with Crippen LogP contribution < -0.4 is 0 Å². The van der Waals surface area contributed by atoms with Crippen LogP contribution in [0.5, 0.6) is 11.5 Å². The van der Waals surface area contributed by atoms with Gasteiger partial charge in [0, 0.05) is 16.3 Å². The standard InChI is InChI=1S/C22H16BrClN2O3/c1-2-12-3-6-20-18(7-12)26-22(29-20)16-10-15(4-5-19(16)27)25-11-13-8-14(23)9-17(24)21(13)28/h3-11,27-28H,2H2,1H3. The van der Waals surface area contributed by atoms with Gasteiger partial charge >= 0.3 is 0 Å². The summed E-state index contributed by atoms with van der Waals surface area (Å²) in [7, 11) is 0. The van der Waals surface area contributed by atoms with Gasteiger partial charge in [-0.3, -0.25) is 4.99 Å². The van der Waals surface area contributed by atoms with E-state index < -0.39 is 0 Å². The van der Waals surface area contributed by atoms with E-state index in [1.807, 2.05) is 18.2 Å². The van der Waals surface area contributed by atoms with Crippen molar-refractivity contribution in [2.45, 2.75) is 13.3 Å². The first-order chi connectivity index (χ1) is 13.9. The van der Waals surface area contributed by atoms with E-state index in [1.54, 1.807) is 24.3 Å². The summed E-state index contributed by atoms with van der Waals surface area (Å²) < 4.78 is 6.54. The van der Waals surface area contributed by atoms with Crippen LogP contribution in [-0.2, 0) is 6.42 Å². The zero-order valence-electron chi connectivity index (χ0n) is 15.4. The largest absolute Gasteiger partial charge is 0.507 e. The van der Waals surface area contributed by atoms with Gasteiger partial charge in [-0.05, 0) is 54.4 Å². The molecule has 4 aromatic rings. The number of hydrogen-bond donors (Lipinski definition) is 2. The predicted molar refractivity (Wildman–Crippen MR) is 119 cm³/mol. The SMILES string of the molecule is CCc1ccc2oc(-c3cc(N=Cc4cc(Br)cc(Cl)c4O)ccc3O)nc2c1. The average molecular weight is 472 g/mol. The third-order valence-electron chi connectivity index (χ3n) is 4.48. The maximum Gasteiger partial charge on any atom is 0.231 e. The molecule has 0 amide bonds. The van der Waals surface area contributed by atoms with E-state index >= 15 is 0 Å². The number of halogens is 2. The molecule has 0 aliphatic rings. The summed E-state index contributed by atoms with van der Waals surface area (Å²) in [6, 6.07) is 14.0. The summed E-state index contributed by atoms with van der Waals surface area (Å²) in [5.74, 6) is 0.305. The molecule has 0 saturated carbocycles. The highest BCUT2D eigenvalue weighted by molar-refractivity contribution is 9.10. The number of hydrogen-bond acceptors (Lipinski definition) is 5. The van der Waals surface area contributed by atoms with Crippen molar-refractivity contribution < 1.29 is 14.6 Å². The summed E-state index contributed by atoms with van der Waals surface area (Å²) in [5, 5.41) is 20.6. The molecule has 0 aliphatic heterocycles. The Morgan fingerprint density at radius 3 is 2.76 bits per heavy atom. The molecule has 0 bridgehead atoms. The highest BCUT2D eigenvalue weighted by Crippen LogP contribution is 2.35. The molecular weight excluding hydrogens is 456 g/mol. The lowest BCUT2D eigenvalue weighted by molar-refractivity contribution is 0.473. The Kier molecular flexibility index (Phi) is 5.30. The molecule has 0 aliphatic carbocycles. The van der Waals surface area contributed by atoms with Crippen molar-refractivity contribution in [2.24, 2.45) is 4.99 Å². The van der Waals surface area contributed by atoms with Crippen molar-refractivity contribution in [3.05, 3.63) is 69.2 Å². The Balaban J connectivity index is 1.71. The minimum Gasteiger partial charge on any atom is -0.507 e. The second-order valence-electron chi connectivity index (χ2n) is 6.46. The van der Waals surface area contributed by atoms with Crippen LogP contribution in [0.3, 0.4) is 0 Å². The van der Waals surface area contributed by atoms with Gasteiger partial charge in [-0.2, -0.15) is 0 Å². The number of aromatic hydroxyl groups is 2. The molecule has 146 valence electrons. The lowest BCUT2D eigenvalue weighted by Crippen LogP contribution is -1.85. The van der Waals surface area contributed by atoms with Crippen LogP contribution in [0.1, 0.15) is 18.1 Å². The molecule has 29 heavy (non-hydrogen) atoms. The quantitative estimate of drug-likeness (QED) is 0.327. The predicted octanol–water partition coefficient (Wildman–Crippen LogP) is 6.63. The van der Waals surface area contributed by atoms with Crippen LogP contribution in [0.15, 0.2) is 62.4 Å². The molecule has 1 heterocycles. The van der Waals surface area contributed by atoms with Crippen LogP contribution in [0.25, 0.3) is 22.6 Å². The molecular formula is C22H16BrClN2O3. The number of rotatable bonds is 4. The van der Waals surface area contributed by atoms with Crippen LogP contribution in [0.2, 0.25) is 5.02 Å². The number of fused-ring (bicyclic) bond motifs is 1. The van der Waals surface area contributed by atoms with Gasteiger partial charge in [0.25, 0.3) is 0 Å². The van der Waals surface area contributed by atoms with E-state index in [0.717, 1.165) is 22.0 Å². The topological polar surface area (TPSA) is 78.9 Å². The average Bonchev–Trinajstić information content (AvgIpc) is 3.13. The van der Waals surface area contributed by atoms with Gasteiger partial charge < -0.3 is 14.6 Å². The normalized spacial score (nSPS) is 11.6. The van der Waals surface area contributed by atoms with E-state index in [1.165, 1.54) is 12.3 Å². The Labute approximate surface area is 180 Å². The number of aromatic nitrogens is 1. The number of oxazole rings is 1. The summed E-state index contributed by atoms with van der Waals surface area (Å²) in [6.45, 7) is 2.08. The Morgan fingerprint density at radius 2 is 1.97 bits per heavy atom. The molecule has 0 atom stereocenters. The Morgan fingerprint density at radius 1 is 1.14 bits per heavy atom. The Hall–Kier alpha value is -2.83. The number of nitrogens with zero attached hydrogens (tertiary/aromatic N) is 2. The zero-order valence-corrected chi connectivity index (χ0v) is 17.7. The highest BCUT2D eigenvalue weighted by Gasteiger charge is 2.13. The van der Waals surface area contributed by atoms with Gasteiger partial charge in [0.15, 0.2) is 5.58 Å². The van der Waals surface area contributed by atoms with Gasteiger partial charge in [-0.1, -0.05) is 40.5 Å². The van der Waals surface area contributed by atoms with Gasteiger partial charge in [-0.15, -0.1) is 0 Å². The first kappa shape index (κ1) is 19.5. The second kappa shape index (κ2) is 7.89. The van der Waals surface area contributed by atoms with Gasteiger partial charge in [0.05, 0.1) is 16.3 Å². The smallest absolute Gasteiger partial charge is 0.231 e. The first-order valence-electron chi connectivity index (χ1n) is 8.89. The van der Waals surface area contributed by atoms with Crippen molar-refractivity contribution in [1.29, 1.82) is 0 Å². The maximum atomic E-state index is 10.3. The van der Waals surface area contributed by atoms with Gasteiger partial charge in [-0.25, -0.2) is 4.98 Å². The van der Waals surface area contributed by atoms with E-state index in [-0.39, 0.29) is 16.5 Å². The van der Waals surface area contributed by atoms with Crippen LogP contribution in [-0.4, -0.2) is 21.4 Å². The molecule has 0 radical (unpaired) electrons. The van der Waals surface area contributed by atoms with Crippen molar-refractivity contribution in [2.75, 3.05) is 0 Å². The molecule has 5 nitrogen and oxygen atoms in total. The fourth-order valence-electron chi connectivity index (χ4n) is 2.91. The summed E-state index contributed by atoms with van der Waals surface area (Å²) in [4.78, 5) is 8.89. The van der Waals surface area contributed by atoms with E-state index in [9.17, 15) is 10.2 Å². The van der Waals surface area contributed by atoms with E-state index in [2.05, 4.69) is 32.8 Å². The van der Waals surface area contributed by atoms with Crippen LogP contribution in [0.4, 0.5) is 5.69 Å². The molecule has 0 spiro atoms. The van der Waals surface area contributed by atoms with Crippen molar-refractivity contribution in [3.8, 4) is 23.0 Å². The molecule has 2 N–H and O–H groups in total. The zero-order chi connectivity index (χ0) is 20.5. The number of phenolic OH excluding ortho intramolecular Hbond substituents is 2. The summed E-state index contributed by atoms with van der Waals surface area (Å²) >= 11 is 9.33. The third-order valence-corrected chi connectivity index (χ3v) is 5.23. The van der Waals surface area contributed by atoms with Crippen LogP contribution >= 0.6 is 27.5 Å². The molecule has 0 fully saturated rings. The maximum absolute atomic E-state index is 10.3. The first-order valence-corrected chi connectivity index (χ1v) is 10.1. The molecule has 3 aromatic carbocycles. The number of phenols is 2.